The zero-order valence-corrected chi connectivity index (χ0v) is 36.7. The molecule has 5 rings (SSSR count). The Hall–Kier alpha value is -4.52. The van der Waals surface area contributed by atoms with Crippen molar-refractivity contribution in [1.82, 2.24) is 0 Å². The molecule has 1 saturated carbocycles. The van der Waals surface area contributed by atoms with Crippen LogP contribution in [0.5, 0.6) is 40.2 Å². The predicted octanol–water partition coefficient (Wildman–Crippen LogP) is 12.5. The molecule has 0 saturated heterocycles. The molecule has 0 aromatic heterocycles. The lowest BCUT2D eigenvalue weighted by molar-refractivity contribution is 0.373. The highest BCUT2D eigenvalue weighted by Crippen LogP contribution is 2.45. The third kappa shape index (κ3) is 10.1. The summed E-state index contributed by atoms with van der Waals surface area (Å²) in [6.45, 7) is 8.85. The van der Waals surface area contributed by atoms with Crippen LogP contribution in [-0.2, 0) is 12.8 Å². The zero-order chi connectivity index (χ0) is 41.1. The van der Waals surface area contributed by atoms with Crippen molar-refractivity contribution in [3.8, 4) is 40.2 Å². The summed E-state index contributed by atoms with van der Waals surface area (Å²) in [4.78, 5) is 0. The molecular formula is C50H68O7. The van der Waals surface area contributed by atoms with Gasteiger partial charge >= 0.3 is 0 Å². The molecule has 0 bridgehead atoms. The molecule has 0 atom stereocenters. The van der Waals surface area contributed by atoms with E-state index in [1.165, 1.54) is 33.4 Å². The Morgan fingerprint density at radius 3 is 1.33 bits per heavy atom. The summed E-state index contributed by atoms with van der Waals surface area (Å²) in [6, 6.07) is 17.7. The van der Waals surface area contributed by atoms with Crippen molar-refractivity contribution >= 4 is 0 Å². The van der Waals surface area contributed by atoms with Gasteiger partial charge in [-0.15, -0.1) is 0 Å². The molecule has 1 aliphatic rings. The maximum absolute atomic E-state index is 6.04. The lowest BCUT2D eigenvalue weighted by Gasteiger charge is -2.28. The first-order chi connectivity index (χ1) is 27.7. The molecule has 0 aliphatic heterocycles. The topological polar surface area (TPSA) is 64.6 Å². The van der Waals surface area contributed by atoms with Gasteiger partial charge in [-0.25, -0.2) is 0 Å². The molecule has 57 heavy (non-hydrogen) atoms. The van der Waals surface area contributed by atoms with Crippen molar-refractivity contribution in [1.29, 1.82) is 0 Å². The minimum Gasteiger partial charge on any atom is -0.496 e. The summed E-state index contributed by atoms with van der Waals surface area (Å²) >= 11 is 0. The summed E-state index contributed by atoms with van der Waals surface area (Å²) in [5.41, 5.74) is 11.0. The Labute approximate surface area is 343 Å². The Morgan fingerprint density at radius 1 is 0.439 bits per heavy atom. The molecule has 0 N–H and O–H groups in total. The van der Waals surface area contributed by atoms with E-state index in [1.54, 1.807) is 49.8 Å². The molecule has 1 fully saturated rings. The van der Waals surface area contributed by atoms with E-state index in [0.29, 0.717) is 24.2 Å². The summed E-state index contributed by atoms with van der Waals surface area (Å²) in [7, 11) is 12.2. The quantitative estimate of drug-likeness (QED) is 0.0996. The maximum Gasteiger partial charge on any atom is 0.126 e. The van der Waals surface area contributed by atoms with E-state index in [9.17, 15) is 0 Å². The second-order valence-electron chi connectivity index (χ2n) is 15.8. The van der Waals surface area contributed by atoms with Crippen LogP contribution in [0.4, 0.5) is 0 Å². The lowest BCUT2D eigenvalue weighted by atomic mass is 9.78. The van der Waals surface area contributed by atoms with Crippen molar-refractivity contribution in [3.05, 3.63) is 98.6 Å². The Balaban J connectivity index is 1.40. The SMILES string of the molecule is CCCC(CCC)c1cc(Cc2cc([C@H]3CCC[C@@H](c4cc(Cc5cc(C)c(OC)cc5OC)c(OC)cc4OC)CCC3)c(C)cc2OC)c(OC)cc1OC. The van der Waals surface area contributed by atoms with Crippen molar-refractivity contribution in [3.63, 3.8) is 0 Å². The van der Waals surface area contributed by atoms with E-state index in [-0.39, 0.29) is 0 Å². The zero-order valence-electron chi connectivity index (χ0n) is 36.7. The average Bonchev–Trinajstić information content (AvgIpc) is 3.21. The van der Waals surface area contributed by atoms with Crippen molar-refractivity contribution < 1.29 is 33.2 Å². The van der Waals surface area contributed by atoms with Crippen LogP contribution >= 0.6 is 0 Å². The van der Waals surface area contributed by atoms with E-state index in [4.69, 9.17) is 33.2 Å². The summed E-state index contributed by atoms with van der Waals surface area (Å²) in [5.74, 6) is 7.42. The van der Waals surface area contributed by atoms with Gasteiger partial charge in [-0.2, -0.15) is 0 Å². The van der Waals surface area contributed by atoms with Crippen LogP contribution in [0.15, 0.2) is 48.5 Å². The maximum atomic E-state index is 6.04. The largest absolute Gasteiger partial charge is 0.496 e. The number of aryl methyl sites for hydroxylation is 2. The van der Waals surface area contributed by atoms with Crippen molar-refractivity contribution in [2.75, 3.05) is 49.8 Å². The molecular weight excluding hydrogens is 713 g/mol. The first-order valence-corrected chi connectivity index (χ1v) is 21.0. The second-order valence-corrected chi connectivity index (χ2v) is 15.8. The van der Waals surface area contributed by atoms with E-state index in [1.807, 2.05) is 6.07 Å². The van der Waals surface area contributed by atoms with Gasteiger partial charge in [0.2, 0.25) is 0 Å². The standard InChI is InChI=1S/C50H68O7/c1-12-16-34(17-13-2)42-27-40(48(55-9)30-49(42)56-10)25-38-26-41(32(3)23-45(38)52-6)35-18-14-20-36(21-15-19-35)43-28-39(47(54-8)31-50(43)57-11)24-37-22-33(4)44(51-5)29-46(37)53-7/h22-23,26-31,34-36H,12-21,24-25H2,1-11H3/t35-,36+. The third-order valence-corrected chi connectivity index (χ3v) is 12.3. The van der Waals surface area contributed by atoms with Crippen molar-refractivity contribution in [2.24, 2.45) is 0 Å². The van der Waals surface area contributed by atoms with Crippen molar-refractivity contribution in [2.45, 2.75) is 122 Å². The first-order valence-electron chi connectivity index (χ1n) is 21.0. The highest BCUT2D eigenvalue weighted by atomic mass is 16.5. The van der Waals surface area contributed by atoms with Crippen LogP contribution in [0.25, 0.3) is 0 Å². The minimum atomic E-state index is 0.401. The fourth-order valence-electron chi connectivity index (χ4n) is 9.38. The fraction of sp³-hybridized carbons (Fsp3) is 0.520. The van der Waals surface area contributed by atoms with Gasteiger partial charge in [-0.1, -0.05) is 45.6 Å². The molecule has 0 amide bonds. The summed E-state index contributed by atoms with van der Waals surface area (Å²) in [5, 5.41) is 0. The molecule has 7 nitrogen and oxygen atoms in total. The van der Waals surface area contributed by atoms with Crippen LogP contribution in [0, 0.1) is 13.8 Å². The van der Waals surface area contributed by atoms with E-state index in [2.05, 4.69) is 70.2 Å². The molecule has 4 aromatic carbocycles. The van der Waals surface area contributed by atoms with Crippen LogP contribution in [-0.4, -0.2) is 49.8 Å². The molecule has 7 heteroatoms. The number of benzene rings is 4. The first kappa shape index (κ1) is 43.6. The Kier molecular flexibility index (Phi) is 15.9. The molecule has 0 unspecified atom stereocenters. The average molecular weight is 781 g/mol. The number of hydrogen-bond donors (Lipinski definition) is 0. The van der Waals surface area contributed by atoms with E-state index < -0.39 is 0 Å². The van der Waals surface area contributed by atoms with Gasteiger partial charge in [-0.05, 0) is 144 Å². The predicted molar refractivity (Wildman–Crippen MR) is 232 cm³/mol. The molecule has 4 aromatic rings. The number of hydrogen-bond acceptors (Lipinski definition) is 7. The second kappa shape index (κ2) is 20.8. The fourth-order valence-corrected chi connectivity index (χ4v) is 9.38. The molecule has 0 radical (unpaired) electrons. The highest BCUT2D eigenvalue weighted by Gasteiger charge is 2.26. The third-order valence-electron chi connectivity index (χ3n) is 12.3. The molecule has 0 heterocycles. The van der Waals surface area contributed by atoms with Gasteiger partial charge in [0.15, 0.2) is 0 Å². The monoisotopic (exact) mass is 780 g/mol. The number of methoxy groups -OCH3 is 7. The Bertz CT molecular complexity index is 1920. The molecule has 1 aliphatic carbocycles. The summed E-state index contributed by atoms with van der Waals surface area (Å²) < 4.78 is 41.3. The Morgan fingerprint density at radius 2 is 0.842 bits per heavy atom. The van der Waals surface area contributed by atoms with Crippen LogP contribution < -0.4 is 33.2 Å². The van der Waals surface area contributed by atoms with Crippen LogP contribution in [0.2, 0.25) is 0 Å². The molecule has 310 valence electrons. The van der Waals surface area contributed by atoms with Gasteiger partial charge in [0.05, 0.1) is 49.8 Å². The van der Waals surface area contributed by atoms with Gasteiger partial charge in [-0.3, -0.25) is 0 Å². The van der Waals surface area contributed by atoms with Gasteiger partial charge in [0.1, 0.15) is 40.2 Å². The van der Waals surface area contributed by atoms with E-state index >= 15 is 0 Å². The number of ether oxygens (including phenoxy) is 7. The smallest absolute Gasteiger partial charge is 0.126 e. The van der Waals surface area contributed by atoms with Gasteiger partial charge in [0.25, 0.3) is 0 Å². The minimum absolute atomic E-state index is 0.401. The number of rotatable bonds is 18. The van der Waals surface area contributed by atoms with Gasteiger partial charge < -0.3 is 33.2 Å². The van der Waals surface area contributed by atoms with Crippen LogP contribution in [0.1, 0.15) is 146 Å². The summed E-state index contributed by atoms with van der Waals surface area (Å²) in [6.07, 6.45) is 12.7. The van der Waals surface area contributed by atoms with Gasteiger partial charge in [0, 0.05) is 31.0 Å². The molecule has 0 spiro atoms. The lowest BCUT2D eigenvalue weighted by Crippen LogP contribution is -2.11. The highest BCUT2D eigenvalue weighted by molar-refractivity contribution is 5.55. The van der Waals surface area contributed by atoms with E-state index in [0.717, 1.165) is 128 Å². The normalized spacial score (nSPS) is 15.8. The van der Waals surface area contributed by atoms with Crippen LogP contribution in [0.3, 0.4) is 0 Å².